The third-order valence-electron chi connectivity index (χ3n) is 2.47. The van der Waals surface area contributed by atoms with Crippen LogP contribution in [0.1, 0.15) is 30.1 Å². The Balaban J connectivity index is 2.33. The minimum atomic E-state index is -0.772. The highest BCUT2D eigenvalue weighted by Gasteiger charge is 2.16. The Morgan fingerprint density at radius 2 is 2.25 bits per heavy atom. The molecule has 0 saturated carbocycles. The number of aryl methyl sites for hydroxylation is 2. The van der Waals surface area contributed by atoms with Crippen LogP contribution in [0.2, 0.25) is 0 Å². The van der Waals surface area contributed by atoms with Crippen molar-refractivity contribution in [3.05, 3.63) is 41.7 Å². The van der Waals surface area contributed by atoms with E-state index in [2.05, 4.69) is 15.1 Å². The minimum Gasteiger partial charge on any atom is -0.380 e. The standard InChI is InChI=1S/C11H14N4O/c1-3-8-6-10(15(2)14-8)11(16)9-7-12-4-5-13-9/h4-7,11,16H,3H2,1-2H3. The van der Waals surface area contributed by atoms with Crippen molar-refractivity contribution in [2.24, 2.45) is 7.05 Å². The second-order valence-corrected chi connectivity index (χ2v) is 3.57. The molecule has 5 nitrogen and oxygen atoms in total. The van der Waals surface area contributed by atoms with Crippen LogP contribution in [-0.4, -0.2) is 24.9 Å². The van der Waals surface area contributed by atoms with Crippen LogP contribution < -0.4 is 0 Å². The summed E-state index contributed by atoms with van der Waals surface area (Å²) in [4.78, 5) is 8.01. The van der Waals surface area contributed by atoms with E-state index >= 15 is 0 Å². The number of nitrogens with zero attached hydrogens (tertiary/aromatic N) is 4. The maximum absolute atomic E-state index is 10.1. The number of aliphatic hydroxyl groups is 1. The van der Waals surface area contributed by atoms with Gasteiger partial charge in [0.15, 0.2) is 0 Å². The summed E-state index contributed by atoms with van der Waals surface area (Å²) in [7, 11) is 1.81. The molecule has 2 rings (SSSR count). The monoisotopic (exact) mass is 218 g/mol. The SMILES string of the molecule is CCc1cc(C(O)c2cnccn2)n(C)n1. The Bertz CT molecular complexity index is 466. The van der Waals surface area contributed by atoms with Gasteiger partial charge < -0.3 is 5.11 Å². The molecule has 0 aliphatic carbocycles. The van der Waals surface area contributed by atoms with Crippen LogP contribution in [0, 0.1) is 0 Å². The summed E-state index contributed by atoms with van der Waals surface area (Å²) in [6.45, 7) is 2.03. The lowest BCUT2D eigenvalue weighted by Gasteiger charge is -2.09. The summed E-state index contributed by atoms with van der Waals surface area (Å²) in [6, 6.07) is 1.89. The summed E-state index contributed by atoms with van der Waals surface area (Å²) >= 11 is 0. The van der Waals surface area contributed by atoms with Crippen molar-refractivity contribution in [2.45, 2.75) is 19.4 Å². The van der Waals surface area contributed by atoms with Gasteiger partial charge in [-0.2, -0.15) is 5.10 Å². The zero-order valence-corrected chi connectivity index (χ0v) is 9.33. The fourth-order valence-electron chi connectivity index (χ4n) is 1.58. The highest BCUT2D eigenvalue weighted by Crippen LogP contribution is 2.19. The molecule has 1 N–H and O–H groups in total. The van der Waals surface area contributed by atoms with E-state index in [4.69, 9.17) is 0 Å². The van der Waals surface area contributed by atoms with E-state index in [9.17, 15) is 5.11 Å². The van der Waals surface area contributed by atoms with Gasteiger partial charge in [0.05, 0.1) is 23.3 Å². The number of rotatable bonds is 3. The Morgan fingerprint density at radius 1 is 1.44 bits per heavy atom. The largest absolute Gasteiger partial charge is 0.380 e. The van der Waals surface area contributed by atoms with Crippen molar-refractivity contribution in [3.8, 4) is 0 Å². The Kier molecular flexibility index (Phi) is 2.96. The van der Waals surface area contributed by atoms with Crippen molar-refractivity contribution >= 4 is 0 Å². The normalized spacial score (nSPS) is 12.7. The van der Waals surface area contributed by atoms with Gasteiger partial charge in [0.2, 0.25) is 0 Å². The van der Waals surface area contributed by atoms with Crippen molar-refractivity contribution in [2.75, 3.05) is 0 Å². The summed E-state index contributed by atoms with van der Waals surface area (Å²) < 4.78 is 1.68. The van der Waals surface area contributed by atoms with Crippen LogP contribution in [0.25, 0.3) is 0 Å². The lowest BCUT2D eigenvalue weighted by atomic mass is 10.2. The molecule has 1 atom stereocenters. The molecule has 2 aromatic rings. The molecule has 0 saturated heterocycles. The average molecular weight is 218 g/mol. The second kappa shape index (κ2) is 4.40. The molecule has 1 unspecified atom stereocenters. The maximum Gasteiger partial charge on any atom is 0.139 e. The number of aliphatic hydroxyl groups excluding tert-OH is 1. The zero-order valence-electron chi connectivity index (χ0n) is 9.33. The molecule has 0 fully saturated rings. The van der Waals surface area contributed by atoms with Crippen LogP contribution in [0.4, 0.5) is 0 Å². The summed E-state index contributed by atoms with van der Waals surface area (Å²) in [5.41, 5.74) is 2.23. The van der Waals surface area contributed by atoms with Gasteiger partial charge in [0.25, 0.3) is 0 Å². The van der Waals surface area contributed by atoms with Gasteiger partial charge >= 0.3 is 0 Å². The molecule has 2 aromatic heterocycles. The second-order valence-electron chi connectivity index (χ2n) is 3.57. The lowest BCUT2D eigenvalue weighted by Crippen LogP contribution is -2.08. The molecule has 0 spiro atoms. The van der Waals surface area contributed by atoms with E-state index in [1.807, 2.05) is 20.0 Å². The van der Waals surface area contributed by atoms with E-state index in [-0.39, 0.29) is 0 Å². The summed E-state index contributed by atoms with van der Waals surface area (Å²) in [5.74, 6) is 0. The highest BCUT2D eigenvalue weighted by molar-refractivity contribution is 5.20. The minimum absolute atomic E-state index is 0.535. The Hall–Kier alpha value is -1.75. The molecule has 0 aliphatic heterocycles. The van der Waals surface area contributed by atoms with E-state index < -0.39 is 6.10 Å². The van der Waals surface area contributed by atoms with Crippen LogP contribution in [0.15, 0.2) is 24.7 Å². The Labute approximate surface area is 93.8 Å². The molecule has 0 aromatic carbocycles. The number of hydrogen-bond donors (Lipinski definition) is 1. The molecule has 84 valence electrons. The molecule has 0 bridgehead atoms. The lowest BCUT2D eigenvalue weighted by molar-refractivity contribution is 0.204. The van der Waals surface area contributed by atoms with Crippen LogP contribution >= 0.6 is 0 Å². The fraction of sp³-hybridized carbons (Fsp3) is 0.364. The van der Waals surface area contributed by atoms with Crippen molar-refractivity contribution < 1.29 is 5.11 Å². The molecule has 0 amide bonds. The zero-order chi connectivity index (χ0) is 11.5. The predicted octanol–water partition coefficient (Wildman–Crippen LogP) is 0.854. The van der Waals surface area contributed by atoms with Gasteiger partial charge in [0, 0.05) is 19.4 Å². The third-order valence-corrected chi connectivity index (χ3v) is 2.47. The third kappa shape index (κ3) is 1.94. The van der Waals surface area contributed by atoms with Gasteiger partial charge in [-0.05, 0) is 12.5 Å². The first-order valence-electron chi connectivity index (χ1n) is 5.19. The molecular weight excluding hydrogens is 204 g/mol. The molecular formula is C11H14N4O. The maximum atomic E-state index is 10.1. The van der Waals surface area contributed by atoms with E-state index in [0.717, 1.165) is 17.8 Å². The molecule has 16 heavy (non-hydrogen) atoms. The average Bonchev–Trinajstić information content (AvgIpc) is 2.71. The van der Waals surface area contributed by atoms with E-state index in [1.54, 1.807) is 23.3 Å². The van der Waals surface area contributed by atoms with Gasteiger partial charge in [-0.25, -0.2) is 0 Å². The van der Waals surface area contributed by atoms with Crippen LogP contribution in [-0.2, 0) is 13.5 Å². The first-order valence-corrected chi connectivity index (χ1v) is 5.19. The van der Waals surface area contributed by atoms with Gasteiger partial charge in [-0.1, -0.05) is 6.92 Å². The fourth-order valence-corrected chi connectivity index (χ4v) is 1.58. The summed E-state index contributed by atoms with van der Waals surface area (Å²) in [5, 5.41) is 14.4. The highest BCUT2D eigenvalue weighted by atomic mass is 16.3. The molecule has 5 heteroatoms. The van der Waals surface area contributed by atoms with E-state index in [0.29, 0.717) is 5.69 Å². The number of aromatic nitrogens is 4. The topological polar surface area (TPSA) is 63.8 Å². The van der Waals surface area contributed by atoms with Crippen molar-refractivity contribution in [3.63, 3.8) is 0 Å². The van der Waals surface area contributed by atoms with Gasteiger partial charge in [-0.3, -0.25) is 14.6 Å². The quantitative estimate of drug-likeness (QED) is 0.829. The molecule has 0 aliphatic rings. The van der Waals surface area contributed by atoms with Crippen LogP contribution in [0.3, 0.4) is 0 Å². The van der Waals surface area contributed by atoms with Crippen molar-refractivity contribution in [1.82, 2.24) is 19.7 Å². The molecule has 2 heterocycles. The predicted molar refractivity (Wildman–Crippen MR) is 58.7 cm³/mol. The van der Waals surface area contributed by atoms with Gasteiger partial charge in [-0.15, -0.1) is 0 Å². The van der Waals surface area contributed by atoms with Crippen LogP contribution in [0.5, 0.6) is 0 Å². The van der Waals surface area contributed by atoms with Crippen molar-refractivity contribution in [1.29, 1.82) is 0 Å². The number of hydrogen-bond acceptors (Lipinski definition) is 4. The smallest absolute Gasteiger partial charge is 0.139 e. The molecule has 0 radical (unpaired) electrons. The van der Waals surface area contributed by atoms with Gasteiger partial charge in [0.1, 0.15) is 6.10 Å². The summed E-state index contributed by atoms with van der Waals surface area (Å²) in [6.07, 6.45) is 4.78. The van der Waals surface area contributed by atoms with E-state index in [1.165, 1.54) is 0 Å². The first kappa shape index (κ1) is 10.8. The Morgan fingerprint density at radius 3 is 2.81 bits per heavy atom. The first-order chi connectivity index (χ1) is 7.72.